The van der Waals surface area contributed by atoms with Crippen LogP contribution in [0.15, 0.2) is 30.3 Å². The number of hydrogen-bond acceptors (Lipinski definition) is 3. The number of para-hydroxylation sites is 1. The first-order chi connectivity index (χ1) is 9.72. The van der Waals surface area contributed by atoms with Crippen LogP contribution in [0.3, 0.4) is 0 Å². The number of likely N-dealkylation sites (tertiary alicyclic amines) is 1. The molecule has 1 aliphatic rings. The fourth-order valence-corrected chi connectivity index (χ4v) is 2.35. The van der Waals surface area contributed by atoms with Crippen molar-refractivity contribution in [3.05, 3.63) is 30.3 Å². The van der Waals surface area contributed by atoms with Crippen LogP contribution in [0.1, 0.15) is 33.6 Å². The second-order valence-corrected chi connectivity index (χ2v) is 5.20. The highest BCUT2D eigenvalue weighted by atomic mass is 16.5. The molecule has 1 aliphatic heterocycles. The van der Waals surface area contributed by atoms with Crippen molar-refractivity contribution in [1.82, 2.24) is 4.90 Å². The number of nitrogens with zero attached hydrogens (tertiary/aromatic N) is 1. The van der Waals surface area contributed by atoms with Crippen LogP contribution in [0.5, 0.6) is 5.75 Å². The number of benzene rings is 1. The van der Waals surface area contributed by atoms with Gasteiger partial charge >= 0.3 is 0 Å². The van der Waals surface area contributed by atoms with E-state index in [1.807, 2.05) is 44.2 Å². The van der Waals surface area contributed by atoms with Crippen molar-refractivity contribution in [2.24, 2.45) is 0 Å². The van der Waals surface area contributed by atoms with Crippen LogP contribution in [-0.4, -0.2) is 43.9 Å². The minimum Gasteiger partial charge on any atom is -0.487 e. The molecule has 0 N–H and O–H groups in total. The molecular formula is C17H29NO2. The zero-order valence-electron chi connectivity index (χ0n) is 13.4. The van der Waals surface area contributed by atoms with Gasteiger partial charge in [0.2, 0.25) is 0 Å². The van der Waals surface area contributed by atoms with Gasteiger partial charge in [0, 0.05) is 26.7 Å². The SMILES string of the molecule is CC.COCCN1CCC(C)(Oc2ccccc2)CC1. The predicted molar refractivity (Wildman–Crippen MR) is 84.4 cm³/mol. The van der Waals surface area contributed by atoms with Crippen molar-refractivity contribution in [1.29, 1.82) is 0 Å². The Labute approximate surface area is 123 Å². The smallest absolute Gasteiger partial charge is 0.120 e. The second-order valence-electron chi connectivity index (χ2n) is 5.20. The third-order valence-electron chi connectivity index (χ3n) is 3.63. The molecule has 0 aliphatic carbocycles. The maximum absolute atomic E-state index is 6.14. The van der Waals surface area contributed by atoms with Gasteiger partial charge in [-0.25, -0.2) is 0 Å². The standard InChI is InChI=1S/C15H23NO2.C2H6/c1-15(18-14-6-4-3-5-7-14)8-10-16(11-9-15)12-13-17-2;1-2/h3-7H,8-13H2,1-2H3;1-2H3. The Morgan fingerprint density at radius 3 is 2.25 bits per heavy atom. The molecular weight excluding hydrogens is 250 g/mol. The van der Waals surface area contributed by atoms with Crippen molar-refractivity contribution in [3.63, 3.8) is 0 Å². The van der Waals surface area contributed by atoms with Gasteiger partial charge in [0.25, 0.3) is 0 Å². The van der Waals surface area contributed by atoms with E-state index in [-0.39, 0.29) is 5.60 Å². The number of ether oxygens (including phenoxy) is 2. The van der Waals surface area contributed by atoms with Crippen LogP contribution < -0.4 is 4.74 Å². The van der Waals surface area contributed by atoms with E-state index >= 15 is 0 Å². The molecule has 0 bridgehead atoms. The van der Waals surface area contributed by atoms with Gasteiger partial charge < -0.3 is 14.4 Å². The number of methoxy groups -OCH3 is 1. The molecule has 3 heteroatoms. The summed E-state index contributed by atoms with van der Waals surface area (Å²) < 4.78 is 11.3. The lowest BCUT2D eigenvalue weighted by molar-refractivity contribution is 0.0102. The van der Waals surface area contributed by atoms with Gasteiger partial charge in [-0.15, -0.1) is 0 Å². The molecule has 3 nitrogen and oxygen atoms in total. The van der Waals surface area contributed by atoms with Crippen LogP contribution in [0.2, 0.25) is 0 Å². The Morgan fingerprint density at radius 1 is 1.10 bits per heavy atom. The fourth-order valence-electron chi connectivity index (χ4n) is 2.35. The Balaban J connectivity index is 0.000000956. The van der Waals surface area contributed by atoms with Gasteiger partial charge in [-0.1, -0.05) is 32.0 Å². The minimum atomic E-state index is -0.0229. The van der Waals surface area contributed by atoms with Gasteiger partial charge in [0.1, 0.15) is 11.4 Å². The van der Waals surface area contributed by atoms with E-state index in [1.165, 1.54) is 0 Å². The highest BCUT2D eigenvalue weighted by Crippen LogP contribution is 2.28. The van der Waals surface area contributed by atoms with E-state index in [1.54, 1.807) is 7.11 Å². The molecule has 2 rings (SSSR count). The van der Waals surface area contributed by atoms with Crippen molar-refractivity contribution in [2.45, 2.75) is 39.2 Å². The molecule has 0 amide bonds. The van der Waals surface area contributed by atoms with Crippen molar-refractivity contribution >= 4 is 0 Å². The summed E-state index contributed by atoms with van der Waals surface area (Å²) in [5.74, 6) is 0.977. The van der Waals surface area contributed by atoms with Gasteiger partial charge in [0.15, 0.2) is 0 Å². The van der Waals surface area contributed by atoms with E-state index < -0.39 is 0 Å². The average Bonchev–Trinajstić information content (AvgIpc) is 2.50. The third-order valence-corrected chi connectivity index (χ3v) is 3.63. The second kappa shape index (κ2) is 8.98. The van der Waals surface area contributed by atoms with Gasteiger partial charge in [0.05, 0.1) is 6.61 Å². The van der Waals surface area contributed by atoms with Gasteiger partial charge in [-0.05, 0) is 31.9 Å². The molecule has 20 heavy (non-hydrogen) atoms. The van der Waals surface area contributed by atoms with E-state index in [4.69, 9.17) is 9.47 Å². The highest BCUT2D eigenvalue weighted by molar-refractivity contribution is 5.22. The van der Waals surface area contributed by atoms with Gasteiger partial charge in [-0.2, -0.15) is 0 Å². The summed E-state index contributed by atoms with van der Waals surface area (Å²) in [6.45, 7) is 10.2. The average molecular weight is 279 g/mol. The van der Waals surface area contributed by atoms with Crippen LogP contribution in [-0.2, 0) is 4.74 Å². The van der Waals surface area contributed by atoms with Crippen molar-refractivity contribution in [3.8, 4) is 5.75 Å². The Bertz CT molecular complexity index is 345. The zero-order valence-corrected chi connectivity index (χ0v) is 13.4. The van der Waals surface area contributed by atoms with Crippen LogP contribution in [0.25, 0.3) is 0 Å². The molecule has 114 valence electrons. The van der Waals surface area contributed by atoms with Crippen molar-refractivity contribution in [2.75, 3.05) is 33.4 Å². The lowest BCUT2D eigenvalue weighted by atomic mass is 9.93. The van der Waals surface area contributed by atoms with E-state index in [0.29, 0.717) is 0 Å². The summed E-state index contributed by atoms with van der Waals surface area (Å²) in [6, 6.07) is 10.1. The summed E-state index contributed by atoms with van der Waals surface area (Å²) in [7, 11) is 1.76. The summed E-state index contributed by atoms with van der Waals surface area (Å²) in [5, 5.41) is 0. The molecule has 1 fully saturated rings. The predicted octanol–water partition coefficient (Wildman–Crippen LogP) is 3.59. The van der Waals surface area contributed by atoms with Crippen LogP contribution in [0, 0.1) is 0 Å². The monoisotopic (exact) mass is 279 g/mol. The molecule has 0 atom stereocenters. The molecule has 0 radical (unpaired) electrons. The number of rotatable bonds is 5. The van der Waals surface area contributed by atoms with E-state index in [9.17, 15) is 0 Å². The molecule has 1 saturated heterocycles. The maximum atomic E-state index is 6.14. The Morgan fingerprint density at radius 2 is 1.70 bits per heavy atom. The van der Waals surface area contributed by atoms with Crippen molar-refractivity contribution < 1.29 is 9.47 Å². The first-order valence-corrected chi connectivity index (χ1v) is 7.67. The summed E-state index contributed by atoms with van der Waals surface area (Å²) in [4.78, 5) is 2.44. The topological polar surface area (TPSA) is 21.7 Å². The normalized spacial score (nSPS) is 18.0. The largest absolute Gasteiger partial charge is 0.487 e. The summed E-state index contributed by atoms with van der Waals surface area (Å²) in [6.07, 6.45) is 2.15. The molecule has 0 saturated carbocycles. The van der Waals surface area contributed by atoms with E-state index in [2.05, 4.69) is 11.8 Å². The highest BCUT2D eigenvalue weighted by Gasteiger charge is 2.31. The quantitative estimate of drug-likeness (QED) is 0.822. The number of hydrogen-bond donors (Lipinski definition) is 0. The molecule has 0 spiro atoms. The first-order valence-electron chi connectivity index (χ1n) is 7.67. The fraction of sp³-hybridized carbons (Fsp3) is 0.647. The van der Waals surface area contributed by atoms with Gasteiger partial charge in [-0.3, -0.25) is 0 Å². The number of piperidine rings is 1. The maximum Gasteiger partial charge on any atom is 0.120 e. The Kier molecular flexibility index (Phi) is 7.63. The molecule has 1 aromatic rings. The molecule has 0 aromatic heterocycles. The first kappa shape index (κ1) is 17.0. The summed E-state index contributed by atoms with van der Waals surface area (Å²) >= 11 is 0. The third kappa shape index (κ3) is 5.51. The Hall–Kier alpha value is -1.06. The minimum absolute atomic E-state index is 0.0229. The summed E-state index contributed by atoms with van der Waals surface area (Å²) in [5.41, 5.74) is -0.0229. The molecule has 0 unspecified atom stereocenters. The van der Waals surface area contributed by atoms with E-state index in [0.717, 1.165) is 44.8 Å². The zero-order chi connectivity index (χ0) is 14.8. The molecule has 1 aromatic carbocycles. The van der Waals surface area contributed by atoms with Crippen LogP contribution in [0.4, 0.5) is 0 Å². The molecule has 1 heterocycles. The lowest BCUT2D eigenvalue weighted by Gasteiger charge is -2.39. The lowest BCUT2D eigenvalue weighted by Crippen LogP contribution is -2.46. The van der Waals surface area contributed by atoms with Crippen LogP contribution >= 0.6 is 0 Å².